The maximum Gasteiger partial charge on any atom is 0.223 e. The Hall–Kier alpha value is -2.77. The highest BCUT2D eigenvalue weighted by Crippen LogP contribution is 2.25. The summed E-state index contributed by atoms with van der Waals surface area (Å²) in [6, 6.07) is 17.0. The molecule has 6 nitrogen and oxygen atoms in total. The molecule has 1 aromatic carbocycles. The van der Waals surface area contributed by atoms with E-state index < -0.39 is 0 Å². The number of benzene rings is 1. The molecule has 0 aliphatic rings. The number of hydrogen-bond donors (Lipinski definition) is 1. The zero-order valence-electron chi connectivity index (χ0n) is 17.2. The van der Waals surface area contributed by atoms with Crippen molar-refractivity contribution in [3.05, 3.63) is 89.6 Å². The average Bonchev–Trinajstić information content (AvgIpc) is 3.46. The highest BCUT2D eigenvalue weighted by molar-refractivity contribution is 7.98. The van der Waals surface area contributed by atoms with Gasteiger partial charge in [0.15, 0.2) is 11.5 Å². The average molecular weight is 454 g/mol. The fourth-order valence-corrected chi connectivity index (χ4v) is 4.26. The molecule has 3 heterocycles. The van der Waals surface area contributed by atoms with E-state index >= 15 is 0 Å². The Labute approximate surface area is 190 Å². The molecule has 2 atom stereocenters. The summed E-state index contributed by atoms with van der Waals surface area (Å²) >= 11 is 7.81. The van der Waals surface area contributed by atoms with E-state index in [1.54, 1.807) is 11.8 Å². The van der Waals surface area contributed by atoms with Gasteiger partial charge in [0.05, 0.1) is 18.5 Å². The van der Waals surface area contributed by atoms with Crippen LogP contribution in [0.1, 0.15) is 36.3 Å². The molecule has 4 aromatic rings. The van der Waals surface area contributed by atoms with Crippen molar-refractivity contribution >= 4 is 34.9 Å². The van der Waals surface area contributed by atoms with Crippen LogP contribution >= 0.6 is 23.4 Å². The van der Waals surface area contributed by atoms with Crippen molar-refractivity contribution < 1.29 is 4.79 Å². The first kappa shape index (κ1) is 21.5. The fraction of sp³-hybridized carbons (Fsp3) is 0.261. The van der Waals surface area contributed by atoms with Gasteiger partial charge < -0.3 is 9.88 Å². The van der Waals surface area contributed by atoms with Gasteiger partial charge in [-0.05, 0) is 60.4 Å². The fourth-order valence-electron chi connectivity index (χ4n) is 3.66. The molecule has 0 aliphatic carbocycles. The van der Waals surface area contributed by atoms with Gasteiger partial charge in [0.25, 0.3) is 0 Å². The minimum Gasteiger partial charge on any atom is -0.346 e. The molecule has 0 fully saturated rings. The van der Waals surface area contributed by atoms with E-state index in [2.05, 4.69) is 21.8 Å². The Kier molecular flexibility index (Phi) is 6.94. The molecule has 31 heavy (non-hydrogen) atoms. The topological polar surface area (TPSA) is 64.2 Å². The minimum absolute atomic E-state index is 0.0348. The number of carbonyl (C=O) groups excluding carboxylic acids is 1. The predicted octanol–water partition coefficient (Wildman–Crippen LogP) is 4.77. The lowest BCUT2D eigenvalue weighted by Crippen LogP contribution is -2.32. The Bertz CT molecular complexity index is 1130. The van der Waals surface area contributed by atoms with E-state index in [0.717, 1.165) is 29.2 Å². The van der Waals surface area contributed by atoms with Gasteiger partial charge in [0.1, 0.15) is 0 Å². The van der Waals surface area contributed by atoms with Gasteiger partial charge in [-0.3, -0.25) is 9.20 Å². The van der Waals surface area contributed by atoms with Crippen LogP contribution in [0.2, 0.25) is 5.02 Å². The summed E-state index contributed by atoms with van der Waals surface area (Å²) in [6.45, 7) is 0. The summed E-state index contributed by atoms with van der Waals surface area (Å²) in [6.07, 6.45) is 9.02. The van der Waals surface area contributed by atoms with Crippen molar-refractivity contribution in [1.29, 1.82) is 0 Å². The summed E-state index contributed by atoms with van der Waals surface area (Å²) in [5, 5.41) is 12.5. The normalized spacial score (nSPS) is 13.2. The molecule has 1 N–H and O–H groups in total. The van der Waals surface area contributed by atoms with Gasteiger partial charge in [-0.15, -0.1) is 10.2 Å². The van der Waals surface area contributed by atoms with Gasteiger partial charge in [-0.1, -0.05) is 29.8 Å². The summed E-state index contributed by atoms with van der Waals surface area (Å²) in [4.78, 5) is 13.2. The lowest BCUT2D eigenvalue weighted by Gasteiger charge is -2.22. The second-order valence-corrected chi connectivity index (χ2v) is 8.71. The largest absolute Gasteiger partial charge is 0.346 e. The van der Waals surface area contributed by atoms with Crippen LogP contribution in [0.4, 0.5) is 0 Å². The first-order valence-corrected chi connectivity index (χ1v) is 11.9. The van der Waals surface area contributed by atoms with Crippen molar-refractivity contribution in [3.8, 4) is 0 Å². The number of nitrogens with zero attached hydrogens (tertiary/aromatic N) is 4. The first-order valence-electron chi connectivity index (χ1n) is 10.1. The zero-order valence-corrected chi connectivity index (χ0v) is 18.8. The Morgan fingerprint density at radius 3 is 2.55 bits per heavy atom. The Morgan fingerprint density at radius 1 is 1.06 bits per heavy atom. The molecule has 4 rings (SSSR count). The highest BCUT2D eigenvalue weighted by atomic mass is 35.5. The Balaban J connectivity index is 1.56. The molecule has 0 radical (unpaired) electrons. The number of pyridine rings is 1. The number of amides is 1. The molecule has 0 spiro atoms. The van der Waals surface area contributed by atoms with Crippen LogP contribution < -0.4 is 5.32 Å². The van der Waals surface area contributed by atoms with Gasteiger partial charge in [0, 0.05) is 23.6 Å². The van der Waals surface area contributed by atoms with Crippen LogP contribution in [0, 0.1) is 0 Å². The van der Waals surface area contributed by atoms with Crippen molar-refractivity contribution in [2.24, 2.45) is 0 Å². The lowest BCUT2D eigenvalue weighted by atomic mass is 10.0. The summed E-state index contributed by atoms with van der Waals surface area (Å²) in [7, 11) is 0. The van der Waals surface area contributed by atoms with Crippen molar-refractivity contribution in [1.82, 2.24) is 24.5 Å². The molecule has 0 unspecified atom stereocenters. The van der Waals surface area contributed by atoms with Gasteiger partial charge in [-0.25, -0.2) is 0 Å². The quantitative estimate of drug-likeness (QED) is 0.396. The van der Waals surface area contributed by atoms with Crippen LogP contribution in [-0.2, 0) is 4.79 Å². The van der Waals surface area contributed by atoms with E-state index in [-0.39, 0.29) is 18.0 Å². The van der Waals surface area contributed by atoms with Crippen LogP contribution in [0.5, 0.6) is 0 Å². The Morgan fingerprint density at radius 2 is 1.81 bits per heavy atom. The van der Waals surface area contributed by atoms with E-state index in [9.17, 15) is 4.79 Å². The number of fused-ring (bicyclic) bond motifs is 1. The smallest absolute Gasteiger partial charge is 0.223 e. The van der Waals surface area contributed by atoms with E-state index in [1.165, 1.54) is 0 Å². The number of aromatic nitrogens is 4. The molecule has 0 aliphatic heterocycles. The minimum atomic E-state index is -0.215. The number of halogens is 1. The predicted molar refractivity (Wildman–Crippen MR) is 126 cm³/mol. The SMILES string of the molecule is CSCC[C@@H](NC(=O)C[C@@H](c1ccc(Cl)cc1)n1cccc1)c1nnc2ccccn12. The molecular formula is C23H24ClN5OS. The monoisotopic (exact) mass is 453 g/mol. The summed E-state index contributed by atoms with van der Waals surface area (Å²) in [5.74, 6) is 1.62. The number of hydrogen-bond acceptors (Lipinski definition) is 4. The third-order valence-electron chi connectivity index (χ3n) is 5.22. The van der Waals surface area contributed by atoms with Crippen LogP contribution in [0.3, 0.4) is 0 Å². The summed E-state index contributed by atoms with van der Waals surface area (Å²) in [5.41, 5.74) is 1.80. The maximum atomic E-state index is 13.2. The molecule has 0 saturated carbocycles. The number of carbonyl (C=O) groups is 1. The first-order chi connectivity index (χ1) is 15.2. The highest BCUT2D eigenvalue weighted by Gasteiger charge is 2.23. The second kappa shape index (κ2) is 10.0. The van der Waals surface area contributed by atoms with Crippen LogP contribution in [-0.4, -0.2) is 37.1 Å². The molecular weight excluding hydrogens is 430 g/mol. The third kappa shape index (κ3) is 5.11. The number of nitrogens with one attached hydrogen (secondary N) is 1. The van der Waals surface area contributed by atoms with Gasteiger partial charge in [0.2, 0.25) is 5.91 Å². The van der Waals surface area contributed by atoms with Crippen molar-refractivity contribution in [3.63, 3.8) is 0 Å². The van der Waals surface area contributed by atoms with Crippen LogP contribution in [0.25, 0.3) is 5.65 Å². The van der Waals surface area contributed by atoms with Crippen molar-refractivity contribution in [2.45, 2.75) is 24.9 Å². The van der Waals surface area contributed by atoms with E-state index in [4.69, 9.17) is 11.6 Å². The molecule has 1 amide bonds. The van der Waals surface area contributed by atoms with E-state index in [1.807, 2.05) is 82.2 Å². The molecule has 3 aromatic heterocycles. The zero-order chi connectivity index (χ0) is 21.6. The summed E-state index contributed by atoms with van der Waals surface area (Å²) < 4.78 is 3.99. The van der Waals surface area contributed by atoms with Gasteiger partial charge >= 0.3 is 0 Å². The second-order valence-electron chi connectivity index (χ2n) is 7.29. The lowest BCUT2D eigenvalue weighted by molar-refractivity contribution is -0.122. The van der Waals surface area contributed by atoms with Crippen molar-refractivity contribution in [2.75, 3.05) is 12.0 Å². The van der Waals surface area contributed by atoms with Gasteiger partial charge in [-0.2, -0.15) is 11.8 Å². The molecule has 0 bridgehead atoms. The molecule has 160 valence electrons. The third-order valence-corrected chi connectivity index (χ3v) is 6.11. The molecule has 0 saturated heterocycles. The molecule has 8 heteroatoms. The number of thioether (sulfide) groups is 1. The van der Waals surface area contributed by atoms with Crippen LogP contribution in [0.15, 0.2) is 73.2 Å². The standard InChI is InChI=1S/C23H24ClN5OS/c1-31-15-11-19(23-27-26-21-6-2-3-14-29(21)23)25-22(30)16-20(28-12-4-5-13-28)17-7-9-18(24)10-8-17/h2-10,12-14,19-20H,11,15-16H2,1H3,(H,25,30)/t19-,20+/m1/s1. The maximum absolute atomic E-state index is 13.2. The number of rotatable bonds is 9. The van der Waals surface area contributed by atoms with E-state index in [0.29, 0.717) is 11.4 Å².